The third-order valence-corrected chi connectivity index (χ3v) is 3.07. The molecule has 0 spiro atoms. The predicted molar refractivity (Wildman–Crippen MR) is 70.5 cm³/mol. The molecule has 0 saturated carbocycles. The maximum atomic E-state index is 13.0. The van der Waals surface area contributed by atoms with Crippen molar-refractivity contribution < 1.29 is 13.6 Å². The molecular weight excluding hydrogens is 270 g/mol. The van der Waals surface area contributed by atoms with Crippen LogP contribution in [-0.4, -0.2) is 5.78 Å². The second-order valence-electron chi connectivity index (χ2n) is 4.18. The van der Waals surface area contributed by atoms with E-state index in [9.17, 15) is 13.6 Å². The van der Waals surface area contributed by atoms with Gasteiger partial charge in [0, 0.05) is 12.0 Å². The average Bonchev–Trinajstić information content (AvgIpc) is 2.36. The molecule has 0 aliphatic rings. The maximum absolute atomic E-state index is 13.0. The Morgan fingerprint density at radius 2 is 1.79 bits per heavy atom. The fourth-order valence-electron chi connectivity index (χ4n) is 1.80. The molecule has 0 fully saturated rings. The SMILES string of the molecule is O=C(CCc1cccc(F)c1)c1ccc(F)cc1Cl. The lowest BCUT2D eigenvalue weighted by molar-refractivity contribution is 0.0983. The molecule has 0 aliphatic heterocycles. The van der Waals surface area contributed by atoms with Gasteiger partial charge in [0.1, 0.15) is 11.6 Å². The topological polar surface area (TPSA) is 17.1 Å². The third-order valence-electron chi connectivity index (χ3n) is 2.76. The molecule has 0 amide bonds. The van der Waals surface area contributed by atoms with Crippen LogP contribution in [0.25, 0.3) is 0 Å². The monoisotopic (exact) mass is 280 g/mol. The molecule has 2 aromatic carbocycles. The van der Waals surface area contributed by atoms with Gasteiger partial charge in [-0.1, -0.05) is 23.7 Å². The Bertz CT molecular complexity index is 611. The second kappa shape index (κ2) is 5.93. The van der Waals surface area contributed by atoms with Gasteiger partial charge in [-0.15, -0.1) is 0 Å². The van der Waals surface area contributed by atoms with Crippen LogP contribution >= 0.6 is 11.6 Å². The van der Waals surface area contributed by atoms with Gasteiger partial charge in [0.15, 0.2) is 5.78 Å². The van der Waals surface area contributed by atoms with Crippen LogP contribution in [0.15, 0.2) is 42.5 Å². The maximum Gasteiger partial charge on any atom is 0.164 e. The lowest BCUT2D eigenvalue weighted by atomic mass is 10.0. The molecule has 0 radical (unpaired) electrons. The van der Waals surface area contributed by atoms with Crippen LogP contribution in [-0.2, 0) is 6.42 Å². The first-order valence-corrected chi connectivity index (χ1v) is 6.17. The number of rotatable bonds is 4. The van der Waals surface area contributed by atoms with Gasteiger partial charge in [-0.3, -0.25) is 4.79 Å². The number of carbonyl (C=O) groups excluding carboxylic acids is 1. The third kappa shape index (κ3) is 3.61. The van der Waals surface area contributed by atoms with Crippen molar-refractivity contribution in [3.8, 4) is 0 Å². The lowest BCUT2D eigenvalue weighted by Gasteiger charge is -2.04. The molecule has 2 rings (SSSR count). The van der Waals surface area contributed by atoms with Crippen molar-refractivity contribution in [2.45, 2.75) is 12.8 Å². The summed E-state index contributed by atoms with van der Waals surface area (Å²) in [5, 5.41) is 0.101. The zero-order chi connectivity index (χ0) is 13.8. The van der Waals surface area contributed by atoms with Gasteiger partial charge >= 0.3 is 0 Å². The van der Waals surface area contributed by atoms with Gasteiger partial charge in [-0.2, -0.15) is 0 Å². The van der Waals surface area contributed by atoms with Crippen molar-refractivity contribution in [1.82, 2.24) is 0 Å². The Balaban J connectivity index is 2.05. The highest BCUT2D eigenvalue weighted by molar-refractivity contribution is 6.33. The first-order chi connectivity index (χ1) is 9.06. The van der Waals surface area contributed by atoms with E-state index in [1.807, 2.05) is 0 Å². The fourth-order valence-corrected chi connectivity index (χ4v) is 2.07. The molecule has 0 saturated heterocycles. The van der Waals surface area contributed by atoms with Crippen molar-refractivity contribution in [3.63, 3.8) is 0 Å². The number of benzene rings is 2. The van der Waals surface area contributed by atoms with Crippen LogP contribution in [0.5, 0.6) is 0 Å². The summed E-state index contributed by atoms with van der Waals surface area (Å²) < 4.78 is 25.8. The normalized spacial score (nSPS) is 10.5. The summed E-state index contributed by atoms with van der Waals surface area (Å²) in [7, 11) is 0. The number of hydrogen-bond donors (Lipinski definition) is 0. The molecule has 4 heteroatoms. The van der Waals surface area contributed by atoms with Crippen LogP contribution in [0.2, 0.25) is 5.02 Å². The van der Waals surface area contributed by atoms with Gasteiger partial charge in [-0.05, 0) is 42.3 Å². The molecule has 0 atom stereocenters. The Morgan fingerprint density at radius 3 is 2.47 bits per heavy atom. The van der Waals surface area contributed by atoms with Crippen molar-refractivity contribution >= 4 is 17.4 Å². The Kier molecular flexibility index (Phi) is 4.27. The zero-order valence-corrected chi connectivity index (χ0v) is 10.8. The largest absolute Gasteiger partial charge is 0.294 e. The van der Waals surface area contributed by atoms with Crippen LogP contribution in [0.4, 0.5) is 8.78 Å². The second-order valence-corrected chi connectivity index (χ2v) is 4.58. The number of aryl methyl sites for hydroxylation is 1. The van der Waals surface area contributed by atoms with E-state index in [2.05, 4.69) is 0 Å². The minimum Gasteiger partial charge on any atom is -0.294 e. The summed E-state index contributed by atoms with van der Waals surface area (Å²) in [5.41, 5.74) is 1.03. The zero-order valence-electron chi connectivity index (χ0n) is 10.00. The van der Waals surface area contributed by atoms with Crippen LogP contribution in [0.1, 0.15) is 22.3 Å². The van der Waals surface area contributed by atoms with E-state index >= 15 is 0 Å². The highest BCUT2D eigenvalue weighted by atomic mass is 35.5. The number of Topliss-reactive ketones (excluding diaryl/α,β-unsaturated/α-hetero) is 1. The number of carbonyl (C=O) groups is 1. The van der Waals surface area contributed by atoms with Crippen molar-refractivity contribution in [3.05, 3.63) is 70.2 Å². The molecule has 0 aliphatic carbocycles. The number of halogens is 3. The van der Waals surface area contributed by atoms with Gasteiger partial charge in [-0.25, -0.2) is 8.78 Å². The summed E-state index contributed by atoms with van der Waals surface area (Å²) in [6.07, 6.45) is 0.624. The van der Waals surface area contributed by atoms with Gasteiger partial charge < -0.3 is 0 Å². The standard InChI is InChI=1S/C15H11ClF2O/c16-14-9-12(18)5-6-13(14)15(19)7-4-10-2-1-3-11(17)8-10/h1-3,5-6,8-9H,4,7H2. The number of ketones is 1. The van der Waals surface area contributed by atoms with Crippen molar-refractivity contribution in [1.29, 1.82) is 0 Å². The molecule has 98 valence electrons. The van der Waals surface area contributed by atoms with E-state index < -0.39 is 5.82 Å². The summed E-state index contributed by atoms with van der Waals surface area (Å²) in [5.74, 6) is -0.995. The summed E-state index contributed by atoms with van der Waals surface area (Å²) in [4.78, 5) is 11.9. The number of hydrogen-bond acceptors (Lipinski definition) is 1. The smallest absolute Gasteiger partial charge is 0.164 e. The molecule has 1 nitrogen and oxygen atoms in total. The van der Waals surface area contributed by atoms with E-state index in [0.717, 1.165) is 11.6 Å². The summed E-state index contributed by atoms with van der Waals surface area (Å²) >= 11 is 5.81. The molecular formula is C15H11ClF2O. The van der Waals surface area contributed by atoms with Crippen molar-refractivity contribution in [2.75, 3.05) is 0 Å². The Labute approximate surface area is 114 Å². The Morgan fingerprint density at radius 1 is 1.05 bits per heavy atom. The molecule has 0 heterocycles. The fraction of sp³-hybridized carbons (Fsp3) is 0.133. The van der Waals surface area contributed by atoms with Crippen LogP contribution < -0.4 is 0 Å². The van der Waals surface area contributed by atoms with Crippen LogP contribution in [0, 0.1) is 11.6 Å². The molecule has 0 bridgehead atoms. The first kappa shape index (κ1) is 13.7. The minimum absolute atomic E-state index is 0.101. The van der Waals surface area contributed by atoms with Crippen LogP contribution in [0.3, 0.4) is 0 Å². The van der Waals surface area contributed by atoms with E-state index in [1.54, 1.807) is 12.1 Å². The molecule has 2 aromatic rings. The van der Waals surface area contributed by atoms with E-state index in [1.165, 1.54) is 24.3 Å². The first-order valence-electron chi connectivity index (χ1n) is 5.79. The lowest BCUT2D eigenvalue weighted by Crippen LogP contribution is -2.02. The van der Waals surface area contributed by atoms with E-state index in [4.69, 9.17) is 11.6 Å². The molecule has 0 N–H and O–H groups in total. The highest BCUT2D eigenvalue weighted by Crippen LogP contribution is 2.19. The van der Waals surface area contributed by atoms with E-state index in [-0.39, 0.29) is 23.0 Å². The molecule has 19 heavy (non-hydrogen) atoms. The van der Waals surface area contributed by atoms with Crippen molar-refractivity contribution in [2.24, 2.45) is 0 Å². The van der Waals surface area contributed by atoms with Gasteiger partial charge in [0.2, 0.25) is 0 Å². The Hall–Kier alpha value is -1.74. The van der Waals surface area contributed by atoms with Gasteiger partial charge in [0.25, 0.3) is 0 Å². The predicted octanol–water partition coefficient (Wildman–Crippen LogP) is 4.43. The summed E-state index contributed by atoms with van der Waals surface area (Å²) in [6, 6.07) is 9.76. The average molecular weight is 281 g/mol. The van der Waals surface area contributed by atoms with Gasteiger partial charge in [0.05, 0.1) is 5.02 Å². The molecule has 0 aromatic heterocycles. The highest BCUT2D eigenvalue weighted by Gasteiger charge is 2.11. The quantitative estimate of drug-likeness (QED) is 0.757. The summed E-state index contributed by atoms with van der Waals surface area (Å²) in [6.45, 7) is 0. The minimum atomic E-state index is -0.480. The van der Waals surface area contributed by atoms with E-state index in [0.29, 0.717) is 12.0 Å². The molecule has 0 unspecified atom stereocenters.